The number of ether oxygens (including phenoxy) is 1. The maximum Gasteiger partial charge on any atom is 0.251 e. The van der Waals surface area contributed by atoms with Crippen LogP contribution in [0.4, 0.5) is 0 Å². The summed E-state index contributed by atoms with van der Waals surface area (Å²) in [5, 5.41) is 12.1. The summed E-state index contributed by atoms with van der Waals surface area (Å²) in [5.74, 6) is 0.178. The molecule has 2 N–H and O–H groups in total. The number of hydrogen-bond donors (Lipinski definition) is 2. The third kappa shape index (κ3) is 5.24. The van der Waals surface area contributed by atoms with Crippen molar-refractivity contribution in [3.05, 3.63) is 29.8 Å². The second-order valence-corrected chi connectivity index (χ2v) is 8.37. The predicted molar refractivity (Wildman–Crippen MR) is 93.8 cm³/mol. The zero-order chi connectivity index (χ0) is 18.4. The lowest BCUT2D eigenvalue weighted by atomic mass is 10.0. The van der Waals surface area contributed by atoms with E-state index < -0.39 is 16.1 Å². The number of carbonyl (C=O) groups excluding carboxylic acids is 1. The van der Waals surface area contributed by atoms with E-state index in [0.717, 1.165) is 12.8 Å². The highest BCUT2D eigenvalue weighted by atomic mass is 32.2. The van der Waals surface area contributed by atoms with Gasteiger partial charge in [-0.25, -0.2) is 8.42 Å². The monoisotopic (exact) mass is 370 g/mol. The first-order valence-corrected chi connectivity index (χ1v) is 9.84. The lowest BCUT2D eigenvalue weighted by Gasteiger charge is -2.29. The minimum Gasteiger partial charge on any atom is -0.389 e. The van der Waals surface area contributed by atoms with E-state index in [1.54, 1.807) is 0 Å². The Morgan fingerprint density at radius 1 is 1.32 bits per heavy atom. The van der Waals surface area contributed by atoms with Crippen LogP contribution in [-0.2, 0) is 14.8 Å². The molecule has 0 spiro atoms. The number of rotatable bonds is 7. The van der Waals surface area contributed by atoms with Gasteiger partial charge in [0.15, 0.2) is 0 Å². The molecule has 1 heterocycles. The molecule has 2 rings (SSSR count). The molecule has 1 saturated heterocycles. The van der Waals surface area contributed by atoms with Crippen molar-refractivity contribution in [2.24, 2.45) is 5.92 Å². The quantitative estimate of drug-likeness (QED) is 0.742. The van der Waals surface area contributed by atoms with E-state index in [0.29, 0.717) is 24.6 Å². The molecule has 1 aliphatic rings. The highest BCUT2D eigenvalue weighted by Crippen LogP contribution is 2.23. The van der Waals surface area contributed by atoms with Crippen LogP contribution in [0.3, 0.4) is 0 Å². The SMILES string of the molecule is COC[C@H](O)CNC(=O)c1ccc(S(=O)(=O)N2CCC(C)CC2)cc1. The van der Waals surface area contributed by atoms with E-state index in [9.17, 15) is 18.3 Å². The summed E-state index contributed by atoms with van der Waals surface area (Å²) >= 11 is 0. The number of benzene rings is 1. The van der Waals surface area contributed by atoms with Crippen molar-refractivity contribution in [2.45, 2.75) is 30.8 Å². The molecule has 0 aliphatic carbocycles. The molecular formula is C17H26N2O5S. The van der Waals surface area contributed by atoms with Crippen LogP contribution in [-0.4, -0.2) is 63.2 Å². The van der Waals surface area contributed by atoms with Gasteiger partial charge in [0, 0.05) is 32.3 Å². The van der Waals surface area contributed by atoms with Crippen LogP contribution in [0.25, 0.3) is 0 Å². The molecule has 0 unspecified atom stereocenters. The van der Waals surface area contributed by atoms with Gasteiger partial charge < -0.3 is 15.2 Å². The zero-order valence-electron chi connectivity index (χ0n) is 14.6. The number of aliphatic hydroxyl groups excluding tert-OH is 1. The van der Waals surface area contributed by atoms with E-state index in [2.05, 4.69) is 12.2 Å². The molecule has 0 radical (unpaired) electrons. The summed E-state index contributed by atoms with van der Waals surface area (Å²) in [6.45, 7) is 3.39. The molecule has 1 atom stereocenters. The minimum atomic E-state index is -3.52. The molecule has 1 aliphatic heterocycles. The molecule has 140 valence electrons. The van der Waals surface area contributed by atoms with Gasteiger partial charge >= 0.3 is 0 Å². The van der Waals surface area contributed by atoms with E-state index >= 15 is 0 Å². The van der Waals surface area contributed by atoms with E-state index in [1.165, 1.54) is 35.7 Å². The van der Waals surface area contributed by atoms with Gasteiger partial charge in [0.2, 0.25) is 10.0 Å². The van der Waals surface area contributed by atoms with Gasteiger partial charge in [-0.15, -0.1) is 0 Å². The molecular weight excluding hydrogens is 344 g/mol. The van der Waals surface area contributed by atoms with Crippen molar-refractivity contribution in [1.29, 1.82) is 0 Å². The van der Waals surface area contributed by atoms with Gasteiger partial charge in [0.25, 0.3) is 5.91 Å². The zero-order valence-corrected chi connectivity index (χ0v) is 15.5. The molecule has 0 aromatic heterocycles. The third-order valence-electron chi connectivity index (χ3n) is 4.35. The average Bonchev–Trinajstić information content (AvgIpc) is 2.60. The molecule has 8 heteroatoms. The summed E-state index contributed by atoms with van der Waals surface area (Å²) in [4.78, 5) is 12.2. The first-order chi connectivity index (χ1) is 11.8. The van der Waals surface area contributed by atoms with Gasteiger partial charge in [-0.05, 0) is 43.0 Å². The molecule has 25 heavy (non-hydrogen) atoms. The lowest BCUT2D eigenvalue weighted by Crippen LogP contribution is -2.38. The molecule has 0 saturated carbocycles. The Labute approximate surface area is 149 Å². The number of carbonyl (C=O) groups is 1. The van der Waals surface area contributed by atoms with Crippen LogP contribution in [0.1, 0.15) is 30.1 Å². The third-order valence-corrected chi connectivity index (χ3v) is 6.27. The van der Waals surface area contributed by atoms with Crippen LogP contribution in [0.15, 0.2) is 29.2 Å². The molecule has 1 fully saturated rings. The second kappa shape index (κ2) is 8.75. The molecule has 0 bridgehead atoms. The maximum absolute atomic E-state index is 12.6. The first-order valence-electron chi connectivity index (χ1n) is 8.40. The Hall–Kier alpha value is -1.48. The van der Waals surface area contributed by atoms with E-state index in [4.69, 9.17) is 4.74 Å². The maximum atomic E-state index is 12.6. The molecule has 7 nitrogen and oxygen atoms in total. The largest absolute Gasteiger partial charge is 0.389 e. The van der Waals surface area contributed by atoms with Crippen molar-refractivity contribution in [3.8, 4) is 0 Å². The Morgan fingerprint density at radius 2 is 1.92 bits per heavy atom. The fourth-order valence-corrected chi connectivity index (χ4v) is 4.19. The van der Waals surface area contributed by atoms with Crippen molar-refractivity contribution < 1.29 is 23.1 Å². The standard InChI is InChI=1S/C17H26N2O5S/c1-13-7-9-19(10-8-13)25(22,23)16-5-3-14(4-6-16)17(21)18-11-15(20)12-24-2/h3-6,13,15,20H,7-12H2,1-2H3,(H,18,21)/t15-/m1/s1. The van der Waals surface area contributed by atoms with Crippen LogP contribution in [0.2, 0.25) is 0 Å². The first kappa shape index (κ1) is 19.8. The molecule has 1 aromatic rings. The number of nitrogens with one attached hydrogen (secondary N) is 1. The topological polar surface area (TPSA) is 95.9 Å². The molecule has 1 aromatic carbocycles. The Bertz CT molecular complexity index is 667. The van der Waals surface area contributed by atoms with Crippen LogP contribution < -0.4 is 5.32 Å². The van der Waals surface area contributed by atoms with Crippen molar-refractivity contribution in [1.82, 2.24) is 9.62 Å². The fraction of sp³-hybridized carbons (Fsp3) is 0.588. The summed E-state index contributed by atoms with van der Waals surface area (Å²) in [5.41, 5.74) is 0.343. The van der Waals surface area contributed by atoms with Gasteiger partial charge in [-0.3, -0.25) is 4.79 Å². The Morgan fingerprint density at radius 3 is 2.48 bits per heavy atom. The number of hydrogen-bond acceptors (Lipinski definition) is 5. The van der Waals surface area contributed by atoms with Crippen LogP contribution >= 0.6 is 0 Å². The summed E-state index contributed by atoms with van der Waals surface area (Å²) in [6.07, 6.45) is 0.947. The average molecular weight is 370 g/mol. The molecule has 1 amide bonds. The Kier molecular flexibility index (Phi) is 6.95. The van der Waals surface area contributed by atoms with Gasteiger partial charge in [-0.1, -0.05) is 6.92 Å². The number of sulfonamides is 1. The van der Waals surface area contributed by atoms with Gasteiger partial charge in [0.1, 0.15) is 0 Å². The predicted octanol–water partition coefficient (Wildman–Crippen LogP) is 0.844. The van der Waals surface area contributed by atoms with E-state index in [-0.39, 0.29) is 24.0 Å². The summed E-state index contributed by atoms with van der Waals surface area (Å²) in [6, 6.07) is 5.87. The van der Waals surface area contributed by atoms with E-state index in [1.807, 2.05) is 0 Å². The highest BCUT2D eigenvalue weighted by molar-refractivity contribution is 7.89. The normalized spacial score (nSPS) is 18.0. The van der Waals surface area contributed by atoms with Crippen LogP contribution in [0.5, 0.6) is 0 Å². The fourth-order valence-electron chi connectivity index (χ4n) is 2.72. The summed E-state index contributed by atoms with van der Waals surface area (Å²) in [7, 11) is -2.05. The highest BCUT2D eigenvalue weighted by Gasteiger charge is 2.28. The lowest BCUT2D eigenvalue weighted by molar-refractivity contribution is 0.0610. The number of nitrogens with zero attached hydrogens (tertiary/aromatic N) is 1. The van der Waals surface area contributed by atoms with Crippen molar-refractivity contribution in [3.63, 3.8) is 0 Å². The second-order valence-electron chi connectivity index (χ2n) is 6.43. The number of piperidine rings is 1. The number of methoxy groups -OCH3 is 1. The van der Waals surface area contributed by atoms with Crippen LogP contribution in [0, 0.1) is 5.92 Å². The van der Waals surface area contributed by atoms with Gasteiger partial charge in [-0.2, -0.15) is 4.31 Å². The smallest absolute Gasteiger partial charge is 0.251 e. The minimum absolute atomic E-state index is 0.0681. The van der Waals surface area contributed by atoms with Crippen molar-refractivity contribution >= 4 is 15.9 Å². The van der Waals surface area contributed by atoms with Crippen molar-refractivity contribution in [2.75, 3.05) is 33.4 Å². The van der Waals surface area contributed by atoms with Gasteiger partial charge in [0.05, 0.1) is 17.6 Å². The summed E-state index contributed by atoms with van der Waals surface area (Å²) < 4.78 is 31.6. The number of amides is 1. The Balaban J connectivity index is 2.00. The number of aliphatic hydroxyl groups is 1.